The van der Waals surface area contributed by atoms with E-state index in [2.05, 4.69) is 10.3 Å². The molecule has 2 heterocycles. The Bertz CT molecular complexity index is 551. The highest BCUT2D eigenvalue weighted by Crippen LogP contribution is 2.25. The number of carbonyl (C=O) groups excluding carboxylic acids is 1. The minimum absolute atomic E-state index is 0.0291. The van der Waals surface area contributed by atoms with Gasteiger partial charge in [-0.05, 0) is 26.8 Å². The highest BCUT2D eigenvalue weighted by Gasteiger charge is 2.34. The van der Waals surface area contributed by atoms with Crippen LogP contribution in [0.15, 0.2) is 18.5 Å². The van der Waals surface area contributed by atoms with Gasteiger partial charge < -0.3 is 15.0 Å². The summed E-state index contributed by atoms with van der Waals surface area (Å²) in [7, 11) is 0. The largest absolute Gasteiger partial charge is 0.444 e. The number of ether oxygens (including phenoxy) is 1. The first-order valence-corrected chi connectivity index (χ1v) is 7.59. The van der Waals surface area contributed by atoms with Crippen molar-refractivity contribution >= 4 is 17.5 Å². The summed E-state index contributed by atoms with van der Waals surface area (Å²) in [5.74, 6) is 0. The van der Waals surface area contributed by atoms with Crippen LogP contribution in [0.3, 0.4) is 0 Å². The first-order chi connectivity index (χ1) is 10.8. The van der Waals surface area contributed by atoms with Crippen molar-refractivity contribution in [2.75, 3.05) is 18.4 Å². The van der Waals surface area contributed by atoms with Crippen LogP contribution in [0, 0.1) is 10.1 Å². The molecule has 0 aliphatic carbocycles. The van der Waals surface area contributed by atoms with E-state index in [0.717, 1.165) is 0 Å². The summed E-state index contributed by atoms with van der Waals surface area (Å²) in [5, 5.41) is 13.9. The molecule has 1 aliphatic rings. The lowest BCUT2D eigenvalue weighted by atomic mass is 10.1. The fourth-order valence-electron chi connectivity index (χ4n) is 1.92. The van der Waals surface area contributed by atoms with E-state index in [1.807, 2.05) is 13.8 Å². The van der Waals surface area contributed by atoms with E-state index in [0.29, 0.717) is 18.8 Å². The van der Waals surface area contributed by atoms with E-state index < -0.39 is 10.5 Å². The molecule has 0 bridgehead atoms. The van der Waals surface area contributed by atoms with Crippen LogP contribution in [-0.4, -0.2) is 45.6 Å². The van der Waals surface area contributed by atoms with Gasteiger partial charge in [-0.3, -0.25) is 15.1 Å². The molecule has 0 radical (unpaired) electrons. The standard InChI is InChI=1S/C13H18N4O4.C2H6/c1-13(2,3)21-12(18)16-7-9(8-16)15-10-4-5-14-6-11(10)17(19)20;1-2/h4-6,9H,7-8H2,1-3H3,(H,14,15);1-2H3. The Morgan fingerprint density at radius 2 is 2.04 bits per heavy atom. The zero-order chi connectivity index (χ0) is 17.6. The quantitative estimate of drug-likeness (QED) is 0.678. The van der Waals surface area contributed by atoms with Gasteiger partial charge in [0, 0.05) is 19.3 Å². The van der Waals surface area contributed by atoms with Gasteiger partial charge in [0.2, 0.25) is 0 Å². The normalized spacial score (nSPS) is 14.2. The van der Waals surface area contributed by atoms with Gasteiger partial charge in [0.05, 0.1) is 11.0 Å². The zero-order valence-electron chi connectivity index (χ0n) is 14.2. The second-order valence-corrected chi connectivity index (χ2v) is 5.88. The maximum atomic E-state index is 11.8. The van der Waals surface area contributed by atoms with Crippen LogP contribution in [0.1, 0.15) is 34.6 Å². The van der Waals surface area contributed by atoms with Crippen molar-refractivity contribution in [2.45, 2.75) is 46.3 Å². The van der Waals surface area contributed by atoms with Gasteiger partial charge in [-0.1, -0.05) is 13.8 Å². The lowest BCUT2D eigenvalue weighted by molar-refractivity contribution is -0.384. The third kappa shape index (κ3) is 5.39. The van der Waals surface area contributed by atoms with Crippen LogP contribution in [0.2, 0.25) is 0 Å². The van der Waals surface area contributed by atoms with Crippen LogP contribution >= 0.6 is 0 Å². The summed E-state index contributed by atoms with van der Waals surface area (Å²) in [4.78, 5) is 27.5. The van der Waals surface area contributed by atoms with Gasteiger partial charge in [-0.2, -0.15) is 0 Å². The number of nitro groups is 1. The van der Waals surface area contributed by atoms with E-state index in [9.17, 15) is 14.9 Å². The Labute approximate surface area is 136 Å². The predicted octanol–water partition coefficient (Wildman–Crippen LogP) is 3.05. The van der Waals surface area contributed by atoms with Crippen LogP contribution in [-0.2, 0) is 4.74 Å². The Balaban J connectivity index is 0.00000127. The summed E-state index contributed by atoms with van der Waals surface area (Å²) in [6, 6.07) is 1.52. The van der Waals surface area contributed by atoms with Crippen LogP contribution in [0.5, 0.6) is 0 Å². The number of nitrogens with zero attached hydrogens (tertiary/aromatic N) is 3. The van der Waals surface area contributed by atoms with Crippen molar-refractivity contribution in [1.29, 1.82) is 0 Å². The minimum atomic E-state index is -0.528. The third-order valence-corrected chi connectivity index (χ3v) is 2.89. The minimum Gasteiger partial charge on any atom is -0.444 e. The topological polar surface area (TPSA) is 97.6 Å². The molecule has 1 aromatic rings. The average Bonchev–Trinajstić information content (AvgIpc) is 2.42. The summed E-state index contributed by atoms with van der Waals surface area (Å²) in [6.07, 6.45) is 2.32. The maximum Gasteiger partial charge on any atom is 0.410 e. The third-order valence-electron chi connectivity index (χ3n) is 2.89. The van der Waals surface area contributed by atoms with Gasteiger partial charge in [0.1, 0.15) is 17.5 Å². The Morgan fingerprint density at radius 1 is 1.43 bits per heavy atom. The van der Waals surface area contributed by atoms with Crippen LogP contribution in [0.4, 0.5) is 16.2 Å². The molecule has 1 N–H and O–H groups in total. The summed E-state index contributed by atoms with van der Waals surface area (Å²) in [5.41, 5.74) is -0.198. The monoisotopic (exact) mass is 324 g/mol. The van der Waals surface area contributed by atoms with Gasteiger partial charge in [0.15, 0.2) is 0 Å². The van der Waals surface area contributed by atoms with Crippen molar-refractivity contribution in [3.8, 4) is 0 Å². The predicted molar refractivity (Wildman–Crippen MR) is 87.5 cm³/mol. The Kier molecular flexibility index (Phi) is 6.29. The number of anilines is 1. The summed E-state index contributed by atoms with van der Waals surface area (Å²) in [6.45, 7) is 10.3. The fraction of sp³-hybridized carbons (Fsp3) is 0.600. The number of pyridine rings is 1. The average molecular weight is 324 g/mol. The van der Waals surface area contributed by atoms with Crippen molar-refractivity contribution in [2.24, 2.45) is 0 Å². The molecule has 8 nitrogen and oxygen atoms in total. The van der Waals surface area contributed by atoms with Gasteiger partial charge in [-0.25, -0.2) is 4.79 Å². The first kappa shape index (κ1) is 18.7. The number of hydrogen-bond acceptors (Lipinski definition) is 6. The van der Waals surface area contributed by atoms with E-state index in [-0.39, 0.29) is 17.8 Å². The molecule has 128 valence electrons. The maximum absolute atomic E-state index is 11.8. The number of amides is 1. The molecule has 1 aromatic heterocycles. The number of aromatic nitrogens is 1. The Hall–Kier alpha value is -2.38. The first-order valence-electron chi connectivity index (χ1n) is 7.59. The molecule has 0 aromatic carbocycles. The van der Waals surface area contributed by atoms with Gasteiger partial charge in [-0.15, -0.1) is 0 Å². The smallest absolute Gasteiger partial charge is 0.410 e. The molecule has 1 saturated heterocycles. The molecule has 23 heavy (non-hydrogen) atoms. The highest BCUT2D eigenvalue weighted by atomic mass is 16.6. The molecule has 1 aliphatic heterocycles. The molecule has 0 saturated carbocycles. The fourth-order valence-corrected chi connectivity index (χ4v) is 1.92. The van der Waals surface area contributed by atoms with E-state index >= 15 is 0 Å². The van der Waals surface area contributed by atoms with Crippen molar-refractivity contribution in [3.05, 3.63) is 28.6 Å². The zero-order valence-corrected chi connectivity index (χ0v) is 14.2. The van der Waals surface area contributed by atoms with Crippen molar-refractivity contribution in [3.63, 3.8) is 0 Å². The number of carbonyl (C=O) groups is 1. The second-order valence-electron chi connectivity index (χ2n) is 5.88. The number of likely N-dealkylation sites (tertiary alicyclic amines) is 1. The Morgan fingerprint density at radius 3 is 2.57 bits per heavy atom. The molecule has 0 atom stereocenters. The summed E-state index contributed by atoms with van der Waals surface area (Å²) >= 11 is 0. The molecule has 0 spiro atoms. The van der Waals surface area contributed by atoms with Crippen molar-refractivity contribution < 1.29 is 14.5 Å². The highest BCUT2D eigenvalue weighted by molar-refractivity contribution is 5.70. The molecular weight excluding hydrogens is 300 g/mol. The molecular formula is C15H24N4O4. The lowest BCUT2D eigenvalue weighted by Gasteiger charge is -2.40. The van der Waals surface area contributed by atoms with E-state index in [1.54, 1.807) is 31.7 Å². The van der Waals surface area contributed by atoms with E-state index in [1.165, 1.54) is 12.4 Å². The van der Waals surface area contributed by atoms with Crippen molar-refractivity contribution in [1.82, 2.24) is 9.88 Å². The van der Waals surface area contributed by atoms with E-state index in [4.69, 9.17) is 4.74 Å². The summed E-state index contributed by atoms with van der Waals surface area (Å²) < 4.78 is 5.24. The SMILES string of the molecule is CC.CC(C)(C)OC(=O)N1CC(Nc2ccncc2[N+](=O)[O-])C1. The molecule has 0 unspecified atom stereocenters. The van der Waals surface area contributed by atoms with Gasteiger partial charge >= 0.3 is 11.8 Å². The molecule has 1 amide bonds. The van der Waals surface area contributed by atoms with Gasteiger partial charge in [0.25, 0.3) is 0 Å². The second kappa shape index (κ2) is 7.75. The molecule has 1 fully saturated rings. The van der Waals surface area contributed by atoms with Crippen LogP contribution in [0.25, 0.3) is 0 Å². The number of nitrogens with one attached hydrogen (secondary N) is 1. The number of rotatable bonds is 3. The molecule has 8 heteroatoms. The van der Waals surface area contributed by atoms with Crippen LogP contribution < -0.4 is 5.32 Å². The lowest BCUT2D eigenvalue weighted by Crippen LogP contribution is -2.57. The molecule has 2 rings (SSSR count). The number of hydrogen-bond donors (Lipinski definition) is 1.